The van der Waals surface area contributed by atoms with Crippen molar-refractivity contribution in [3.05, 3.63) is 77.0 Å². The van der Waals surface area contributed by atoms with Crippen LogP contribution >= 0.6 is 11.6 Å². The standard InChI is InChI=1S/C25H25ClN6O3/c1-4-20(33)32(2)13-12-28-19-14-27-10-8-15(19)22-23(21-17(30-22)9-11-29-25(21)34)31-18-7-5-6-16(26)24(18)35-3/h4-11,14,28,30-31H,1,12-13H2,2-3H3,(H,29,34). The zero-order chi connectivity index (χ0) is 24.9. The first kappa shape index (κ1) is 23.9. The number of anilines is 3. The first-order chi connectivity index (χ1) is 16.9. The number of ether oxygens (including phenoxy) is 1. The van der Waals surface area contributed by atoms with Gasteiger partial charge in [0.25, 0.3) is 5.56 Å². The predicted molar refractivity (Wildman–Crippen MR) is 140 cm³/mol. The molecule has 0 aliphatic carbocycles. The molecule has 4 rings (SSSR count). The Labute approximate surface area is 206 Å². The lowest BCUT2D eigenvalue weighted by Gasteiger charge is -2.18. The fourth-order valence-corrected chi connectivity index (χ4v) is 4.06. The number of likely N-dealkylation sites (N-methyl/N-ethyl adjacent to an activating group) is 1. The number of aromatic nitrogens is 3. The summed E-state index contributed by atoms with van der Waals surface area (Å²) >= 11 is 6.32. The van der Waals surface area contributed by atoms with Gasteiger partial charge in [0, 0.05) is 38.1 Å². The van der Waals surface area contributed by atoms with Gasteiger partial charge in [-0.3, -0.25) is 14.6 Å². The number of pyridine rings is 2. The van der Waals surface area contributed by atoms with Crippen molar-refractivity contribution in [1.82, 2.24) is 19.9 Å². The number of halogens is 1. The molecule has 0 radical (unpaired) electrons. The molecule has 0 saturated carbocycles. The summed E-state index contributed by atoms with van der Waals surface area (Å²) in [5.41, 5.74) is 3.79. The molecule has 0 fully saturated rings. The van der Waals surface area contributed by atoms with Gasteiger partial charge in [0.15, 0.2) is 5.75 Å². The van der Waals surface area contributed by atoms with E-state index < -0.39 is 0 Å². The summed E-state index contributed by atoms with van der Waals surface area (Å²) in [6.07, 6.45) is 6.24. The second-order valence-electron chi connectivity index (χ2n) is 7.73. The van der Waals surface area contributed by atoms with E-state index in [1.165, 1.54) is 13.2 Å². The molecule has 0 unspecified atom stereocenters. The van der Waals surface area contributed by atoms with Gasteiger partial charge in [0.05, 0.1) is 52.0 Å². The Balaban J connectivity index is 1.78. The summed E-state index contributed by atoms with van der Waals surface area (Å²) in [4.78, 5) is 36.5. The third kappa shape index (κ3) is 4.85. The fraction of sp³-hybridized carbons (Fsp3) is 0.160. The van der Waals surface area contributed by atoms with Crippen molar-refractivity contribution in [2.75, 3.05) is 37.9 Å². The summed E-state index contributed by atoms with van der Waals surface area (Å²) in [6.45, 7) is 4.47. The molecule has 4 aromatic rings. The Morgan fingerprint density at radius 1 is 1.29 bits per heavy atom. The molecular formula is C25H25ClN6O3. The molecule has 35 heavy (non-hydrogen) atoms. The average molecular weight is 493 g/mol. The number of nitrogens with one attached hydrogen (secondary N) is 4. The number of nitrogens with zero attached hydrogens (tertiary/aromatic N) is 2. The molecule has 180 valence electrons. The highest BCUT2D eigenvalue weighted by atomic mass is 35.5. The second kappa shape index (κ2) is 10.4. The number of H-pyrrole nitrogens is 2. The number of hydrogen-bond donors (Lipinski definition) is 4. The number of carbonyl (C=O) groups excluding carboxylic acids is 1. The molecule has 0 spiro atoms. The van der Waals surface area contributed by atoms with E-state index in [9.17, 15) is 9.59 Å². The molecule has 0 bridgehead atoms. The Morgan fingerprint density at radius 3 is 2.89 bits per heavy atom. The van der Waals surface area contributed by atoms with E-state index in [-0.39, 0.29) is 11.5 Å². The van der Waals surface area contributed by atoms with E-state index in [4.69, 9.17) is 16.3 Å². The molecule has 10 heteroatoms. The normalized spacial score (nSPS) is 10.7. The molecule has 0 aliphatic heterocycles. The molecule has 9 nitrogen and oxygen atoms in total. The molecule has 0 aliphatic rings. The van der Waals surface area contributed by atoms with Crippen LogP contribution in [0.5, 0.6) is 5.75 Å². The zero-order valence-corrected chi connectivity index (χ0v) is 20.1. The molecule has 1 amide bonds. The smallest absolute Gasteiger partial charge is 0.259 e. The minimum absolute atomic E-state index is 0.157. The maximum Gasteiger partial charge on any atom is 0.259 e. The number of carbonyl (C=O) groups is 1. The van der Waals surface area contributed by atoms with Crippen LogP contribution in [0.15, 0.2) is 66.4 Å². The summed E-state index contributed by atoms with van der Waals surface area (Å²) in [5, 5.41) is 7.58. The number of rotatable bonds is 9. The molecular weight excluding hydrogens is 468 g/mol. The number of fused-ring (bicyclic) bond motifs is 1. The third-order valence-electron chi connectivity index (χ3n) is 5.56. The van der Waals surface area contributed by atoms with Crippen LogP contribution in [0.4, 0.5) is 17.1 Å². The van der Waals surface area contributed by atoms with Gasteiger partial charge in [-0.2, -0.15) is 0 Å². The van der Waals surface area contributed by atoms with Gasteiger partial charge in [0.1, 0.15) is 0 Å². The number of benzene rings is 1. The fourth-order valence-electron chi connectivity index (χ4n) is 3.81. The zero-order valence-electron chi connectivity index (χ0n) is 19.3. The lowest BCUT2D eigenvalue weighted by Crippen LogP contribution is -2.29. The maximum absolute atomic E-state index is 12.8. The minimum Gasteiger partial charge on any atom is -0.493 e. The minimum atomic E-state index is -0.248. The van der Waals surface area contributed by atoms with Gasteiger partial charge in [0.2, 0.25) is 5.91 Å². The Bertz CT molecular complexity index is 1440. The van der Waals surface area contributed by atoms with Crippen molar-refractivity contribution in [3.8, 4) is 17.0 Å². The van der Waals surface area contributed by atoms with Crippen molar-refractivity contribution in [1.29, 1.82) is 0 Å². The van der Waals surface area contributed by atoms with E-state index in [1.807, 2.05) is 12.1 Å². The summed E-state index contributed by atoms with van der Waals surface area (Å²) in [6, 6.07) is 8.99. The highest BCUT2D eigenvalue weighted by Crippen LogP contribution is 2.41. The van der Waals surface area contributed by atoms with Crippen molar-refractivity contribution >= 4 is 45.5 Å². The Morgan fingerprint density at radius 2 is 2.11 bits per heavy atom. The number of amides is 1. The summed E-state index contributed by atoms with van der Waals surface area (Å²) < 4.78 is 5.49. The molecule has 3 aromatic heterocycles. The van der Waals surface area contributed by atoms with Crippen LogP contribution < -0.4 is 20.9 Å². The lowest BCUT2D eigenvalue weighted by molar-refractivity contribution is -0.124. The lowest BCUT2D eigenvalue weighted by atomic mass is 10.1. The van der Waals surface area contributed by atoms with Gasteiger partial charge in [-0.1, -0.05) is 24.2 Å². The van der Waals surface area contributed by atoms with Crippen molar-refractivity contribution in [2.24, 2.45) is 0 Å². The number of hydrogen-bond acceptors (Lipinski definition) is 6. The molecule has 3 heterocycles. The van der Waals surface area contributed by atoms with Gasteiger partial charge in [-0.05, 0) is 30.3 Å². The van der Waals surface area contributed by atoms with Crippen LogP contribution in [-0.2, 0) is 4.79 Å². The van der Waals surface area contributed by atoms with E-state index >= 15 is 0 Å². The molecule has 1 aromatic carbocycles. The van der Waals surface area contributed by atoms with Crippen LogP contribution in [-0.4, -0.2) is 53.0 Å². The Hall–Kier alpha value is -4.24. The van der Waals surface area contributed by atoms with Crippen LogP contribution in [0.2, 0.25) is 5.02 Å². The topological polar surface area (TPSA) is 115 Å². The number of methoxy groups -OCH3 is 1. The van der Waals surface area contributed by atoms with Gasteiger partial charge in [-0.25, -0.2) is 0 Å². The predicted octanol–water partition coefficient (Wildman–Crippen LogP) is 4.38. The van der Waals surface area contributed by atoms with E-state index in [2.05, 4.69) is 32.2 Å². The van der Waals surface area contributed by atoms with Gasteiger partial charge < -0.3 is 30.2 Å². The molecule has 0 atom stereocenters. The van der Waals surface area contributed by atoms with Crippen molar-refractivity contribution < 1.29 is 9.53 Å². The Kier molecular flexibility index (Phi) is 7.07. The third-order valence-corrected chi connectivity index (χ3v) is 5.85. The monoisotopic (exact) mass is 492 g/mol. The maximum atomic E-state index is 12.8. The van der Waals surface area contributed by atoms with E-state index in [1.54, 1.807) is 48.7 Å². The largest absolute Gasteiger partial charge is 0.493 e. The number of aromatic amines is 2. The van der Waals surface area contributed by atoms with E-state index in [0.717, 1.165) is 11.3 Å². The average Bonchev–Trinajstić information content (AvgIpc) is 3.23. The first-order valence-electron chi connectivity index (χ1n) is 10.8. The van der Waals surface area contributed by atoms with Crippen molar-refractivity contribution in [2.45, 2.75) is 0 Å². The SMILES string of the molecule is C=CC(=O)N(C)CCNc1cnccc1-c1[nH]c2cc[nH]c(=O)c2c1Nc1cccc(Cl)c1OC. The summed E-state index contributed by atoms with van der Waals surface area (Å²) in [5.74, 6) is 0.305. The van der Waals surface area contributed by atoms with Gasteiger partial charge in [-0.15, -0.1) is 0 Å². The molecule has 0 saturated heterocycles. The van der Waals surface area contributed by atoms with Crippen LogP contribution in [0.25, 0.3) is 22.2 Å². The number of para-hydroxylation sites is 1. The highest BCUT2D eigenvalue weighted by molar-refractivity contribution is 6.32. The first-order valence-corrected chi connectivity index (χ1v) is 11.2. The quantitative estimate of drug-likeness (QED) is 0.258. The van der Waals surface area contributed by atoms with E-state index in [0.29, 0.717) is 51.8 Å². The second-order valence-corrected chi connectivity index (χ2v) is 8.14. The van der Waals surface area contributed by atoms with Crippen molar-refractivity contribution in [3.63, 3.8) is 0 Å². The van der Waals surface area contributed by atoms with Gasteiger partial charge >= 0.3 is 0 Å². The van der Waals surface area contributed by atoms with Crippen LogP contribution in [0.1, 0.15) is 0 Å². The van der Waals surface area contributed by atoms with Crippen LogP contribution in [0, 0.1) is 0 Å². The van der Waals surface area contributed by atoms with Crippen LogP contribution in [0.3, 0.4) is 0 Å². The molecule has 4 N–H and O–H groups in total. The summed E-state index contributed by atoms with van der Waals surface area (Å²) in [7, 11) is 3.24. The highest BCUT2D eigenvalue weighted by Gasteiger charge is 2.20.